The van der Waals surface area contributed by atoms with E-state index in [1.807, 2.05) is 17.3 Å². The second-order valence-electron chi connectivity index (χ2n) is 7.85. The number of rotatable bonds is 3. The van der Waals surface area contributed by atoms with E-state index in [0.29, 0.717) is 0 Å². The quantitative estimate of drug-likeness (QED) is 0.881. The first-order valence-corrected chi connectivity index (χ1v) is 10.8. The van der Waals surface area contributed by atoms with Crippen LogP contribution in [0, 0.1) is 0 Å². The predicted molar refractivity (Wildman–Crippen MR) is 104 cm³/mol. The maximum atomic E-state index is 12.8. The summed E-state index contributed by atoms with van der Waals surface area (Å²) < 4.78 is 6.37. The standard InChI is InChI=1S/C20H26N4O2S/c25-19(24-8-1-2-9-24)17-13-15-16(27-17)3-12-26-20(15)4-10-23(11-5-20)14-18-21-6-7-22-18/h6-7,13H,1-5,8-12,14H2,(H,21,22). The molecule has 144 valence electrons. The molecule has 0 radical (unpaired) electrons. The molecule has 2 saturated heterocycles. The average molecular weight is 387 g/mol. The van der Waals surface area contributed by atoms with Crippen molar-refractivity contribution in [3.05, 3.63) is 39.6 Å². The summed E-state index contributed by atoms with van der Waals surface area (Å²) in [4.78, 5) is 27.1. The molecule has 1 amide bonds. The van der Waals surface area contributed by atoms with Crippen molar-refractivity contribution in [3.8, 4) is 0 Å². The molecule has 2 fully saturated rings. The van der Waals surface area contributed by atoms with Gasteiger partial charge < -0.3 is 14.6 Å². The summed E-state index contributed by atoms with van der Waals surface area (Å²) in [5.74, 6) is 1.24. The summed E-state index contributed by atoms with van der Waals surface area (Å²) in [6.07, 6.45) is 8.85. The Morgan fingerprint density at radius 3 is 2.81 bits per heavy atom. The highest BCUT2D eigenvalue weighted by molar-refractivity contribution is 7.14. The first-order valence-electron chi connectivity index (χ1n) is 10.0. The Hall–Kier alpha value is -1.70. The molecule has 2 aromatic rings. The molecular formula is C20H26N4O2S. The minimum absolute atomic E-state index is 0.201. The molecule has 7 heteroatoms. The number of hydrogen-bond acceptors (Lipinski definition) is 5. The second kappa shape index (κ2) is 7.04. The molecule has 27 heavy (non-hydrogen) atoms. The van der Waals surface area contributed by atoms with Crippen molar-refractivity contribution < 1.29 is 9.53 Å². The molecule has 0 unspecified atom stereocenters. The van der Waals surface area contributed by atoms with Gasteiger partial charge in [-0.15, -0.1) is 11.3 Å². The first kappa shape index (κ1) is 17.4. The number of hydrogen-bond donors (Lipinski definition) is 1. The van der Waals surface area contributed by atoms with Crippen LogP contribution in [0.25, 0.3) is 0 Å². The van der Waals surface area contributed by atoms with Gasteiger partial charge >= 0.3 is 0 Å². The highest BCUT2D eigenvalue weighted by atomic mass is 32.1. The van der Waals surface area contributed by atoms with E-state index in [0.717, 1.165) is 82.1 Å². The number of carbonyl (C=O) groups is 1. The van der Waals surface area contributed by atoms with Crippen LogP contribution in [0.2, 0.25) is 0 Å². The van der Waals surface area contributed by atoms with Crippen LogP contribution in [-0.2, 0) is 23.3 Å². The third kappa shape index (κ3) is 3.22. The lowest BCUT2D eigenvalue weighted by atomic mass is 9.82. The normalized spacial score (nSPS) is 22.3. The van der Waals surface area contributed by atoms with Crippen LogP contribution in [0.1, 0.15) is 51.6 Å². The summed E-state index contributed by atoms with van der Waals surface area (Å²) in [5, 5.41) is 0. The van der Waals surface area contributed by atoms with E-state index in [2.05, 4.69) is 20.9 Å². The number of ether oxygens (including phenoxy) is 1. The van der Waals surface area contributed by atoms with Crippen molar-refractivity contribution in [1.82, 2.24) is 19.8 Å². The number of aromatic amines is 1. The van der Waals surface area contributed by atoms with Gasteiger partial charge in [0.15, 0.2) is 0 Å². The number of H-pyrrole nitrogens is 1. The number of nitrogens with zero attached hydrogens (tertiary/aromatic N) is 3. The Morgan fingerprint density at radius 2 is 2.07 bits per heavy atom. The van der Waals surface area contributed by atoms with E-state index in [1.54, 1.807) is 11.3 Å². The second-order valence-corrected chi connectivity index (χ2v) is 8.99. The van der Waals surface area contributed by atoms with Gasteiger partial charge in [0.1, 0.15) is 5.82 Å². The zero-order chi connectivity index (χ0) is 18.3. The molecule has 1 N–H and O–H groups in total. The molecule has 6 nitrogen and oxygen atoms in total. The molecule has 0 bridgehead atoms. The van der Waals surface area contributed by atoms with Crippen molar-refractivity contribution in [2.75, 3.05) is 32.8 Å². The number of piperidine rings is 1. The van der Waals surface area contributed by atoms with Gasteiger partial charge in [0.2, 0.25) is 0 Å². The van der Waals surface area contributed by atoms with Crippen molar-refractivity contribution in [2.24, 2.45) is 0 Å². The molecule has 0 atom stereocenters. The molecule has 0 aliphatic carbocycles. The fraction of sp³-hybridized carbons (Fsp3) is 0.600. The number of likely N-dealkylation sites (tertiary alicyclic amines) is 2. The summed E-state index contributed by atoms with van der Waals surface area (Å²) in [6.45, 7) is 5.42. The maximum absolute atomic E-state index is 12.8. The minimum atomic E-state index is -0.201. The van der Waals surface area contributed by atoms with Crippen LogP contribution >= 0.6 is 11.3 Å². The van der Waals surface area contributed by atoms with Gasteiger partial charge in [0.05, 0.1) is 23.6 Å². The van der Waals surface area contributed by atoms with Gasteiger partial charge in [-0.05, 0) is 37.3 Å². The van der Waals surface area contributed by atoms with Crippen molar-refractivity contribution in [2.45, 2.75) is 44.2 Å². The monoisotopic (exact) mass is 386 g/mol. The third-order valence-corrected chi connectivity index (χ3v) is 7.39. The van der Waals surface area contributed by atoms with Crippen LogP contribution < -0.4 is 0 Å². The van der Waals surface area contributed by atoms with E-state index >= 15 is 0 Å². The number of carbonyl (C=O) groups excluding carboxylic acids is 1. The van der Waals surface area contributed by atoms with Crippen LogP contribution in [0.15, 0.2) is 18.5 Å². The van der Waals surface area contributed by atoms with Crippen LogP contribution in [0.5, 0.6) is 0 Å². The summed E-state index contributed by atoms with van der Waals surface area (Å²) >= 11 is 1.70. The summed E-state index contributed by atoms with van der Waals surface area (Å²) in [5.41, 5.74) is 1.09. The van der Waals surface area contributed by atoms with Crippen LogP contribution in [0.4, 0.5) is 0 Å². The Bertz CT molecular complexity index is 802. The molecule has 0 saturated carbocycles. The molecule has 3 aliphatic heterocycles. The lowest BCUT2D eigenvalue weighted by Gasteiger charge is -2.43. The summed E-state index contributed by atoms with van der Waals surface area (Å²) in [7, 11) is 0. The Morgan fingerprint density at radius 1 is 1.26 bits per heavy atom. The van der Waals surface area contributed by atoms with Crippen LogP contribution in [-0.4, -0.2) is 58.5 Å². The van der Waals surface area contributed by atoms with E-state index in [9.17, 15) is 4.79 Å². The van der Waals surface area contributed by atoms with Gasteiger partial charge in [0.25, 0.3) is 5.91 Å². The number of imidazole rings is 1. The molecule has 5 rings (SSSR count). The predicted octanol–water partition coefficient (Wildman–Crippen LogP) is 2.77. The summed E-state index contributed by atoms with van der Waals surface area (Å²) in [6, 6.07) is 2.15. The number of aromatic nitrogens is 2. The highest BCUT2D eigenvalue weighted by Crippen LogP contribution is 2.45. The lowest BCUT2D eigenvalue weighted by Crippen LogP contribution is -2.46. The van der Waals surface area contributed by atoms with Gasteiger partial charge in [-0.3, -0.25) is 9.69 Å². The zero-order valence-corrected chi connectivity index (χ0v) is 16.4. The zero-order valence-electron chi connectivity index (χ0n) is 15.6. The molecule has 1 spiro atoms. The van der Waals surface area contributed by atoms with Crippen molar-refractivity contribution in [3.63, 3.8) is 0 Å². The third-order valence-electron chi connectivity index (χ3n) is 6.20. The SMILES string of the molecule is O=C(c1cc2c(s1)CCOC21CCN(Cc2ncc[nH]2)CC1)N1CCCC1. The number of thiophene rings is 1. The molecule has 3 aliphatic rings. The molecular weight excluding hydrogens is 360 g/mol. The fourth-order valence-electron chi connectivity index (χ4n) is 4.68. The average Bonchev–Trinajstić information content (AvgIpc) is 3.45. The Labute approximate surface area is 163 Å². The largest absolute Gasteiger partial charge is 0.370 e. The van der Waals surface area contributed by atoms with Gasteiger partial charge in [-0.25, -0.2) is 4.98 Å². The molecule has 2 aromatic heterocycles. The topological polar surface area (TPSA) is 61.5 Å². The van der Waals surface area contributed by atoms with E-state index in [4.69, 9.17) is 4.74 Å². The van der Waals surface area contributed by atoms with Crippen LogP contribution in [0.3, 0.4) is 0 Å². The van der Waals surface area contributed by atoms with Gasteiger partial charge in [-0.2, -0.15) is 0 Å². The van der Waals surface area contributed by atoms with Gasteiger partial charge in [-0.1, -0.05) is 0 Å². The minimum Gasteiger partial charge on any atom is -0.370 e. The lowest BCUT2D eigenvalue weighted by molar-refractivity contribution is -0.0983. The van der Waals surface area contributed by atoms with E-state index < -0.39 is 0 Å². The first-order chi connectivity index (χ1) is 13.2. The fourth-order valence-corrected chi connectivity index (χ4v) is 5.88. The number of amides is 1. The molecule has 0 aromatic carbocycles. The number of nitrogens with one attached hydrogen (secondary N) is 1. The van der Waals surface area contributed by atoms with Crippen molar-refractivity contribution >= 4 is 17.2 Å². The maximum Gasteiger partial charge on any atom is 0.263 e. The Balaban J connectivity index is 1.33. The van der Waals surface area contributed by atoms with E-state index in [1.165, 1.54) is 10.4 Å². The smallest absolute Gasteiger partial charge is 0.263 e. The van der Waals surface area contributed by atoms with E-state index in [-0.39, 0.29) is 11.5 Å². The van der Waals surface area contributed by atoms with Gasteiger partial charge in [0, 0.05) is 49.9 Å². The number of fused-ring (bicyclic) bond motifs is 2. The van der Waals surface area contributed by atoms with Crippen molar-refractivity contribution in [1.29, 1.82) is 0 Å². The molecule has 5 heterocycles. The highest BCUT2D eigenvalue weighted by Gasteiger charge is 2.42. The Kier molecular flexibility index (Phi) is 4.53.